The van der Waals surface area contributed by atoms with Crippen LogP contribution in [0.5, 0.6) is 0 Å². The first-order chi connectivity index (χ1) is 9.20. The standard InChI is InChI=1S/C14H13FN4/c1-19-13-3-2-9(7-16)6-12(13)18-14(19)10-4-5-17-8-11(10)15/h2-6,8H,7,16H2,1H3. The number of hydrogen-bond acceptors (Lipinski definition) is 3. The van der Waals surface area contributed by atoms with Gasteiger partial charge in [-0.15, -0.1) is 0 Å². The van der Waals surface area contributed by atoms with E-state index in [9.17, 15) is 4.39 Å². The van der Waals surface area contributed by atoms with Crippen molar-refractivity contribution in [3.8, 4) is 11.4 Å². The number of nitrogens with two attached hydrogens (primary N) is 1. The zero-order valence-corrected chi connectivity index (χ0v) is 10.5. The number of halogens is 1. The maximum Gasteiger partial charge on any atom is 0.152 e. The van der Waals surface area contributed by atoms with E-state index < -0.39 is 0 Å². The first-order valence-corrected chi connectivity index (χ1v) is 5.96. The number of aryl methyl sites for hydroxylation is 1. The summed E-state index contributed by atoms with van der Waals surface area (Å²) in [5.74, 6) is 0.212. The van der Waals surface area contributed by atoms with Gasteiger partial charge in [0.25, 0.3) is 0 Å². The summed E-state index contributed by atoms with van der Waals surface area (Å²) in [5, 5.41) is 0. The van der Waals surface area contributed by atoms with Crippen LogP contribution in [0.2, 0.25) is 0 Å². The molecule has 0 aliphatic rings. The Hall–Kier alpha value is -2.27. The van der Waals surface area contributed by atoms with Gasteiger partial charge in [-0.3, -0.25) is 4.98 Å². The van der Waals surface area contributed by atoms with Gasteiger partial charge in [-0.25, -0.2) is 9.37 Å². The average molecular weight is 256 g/mol. The lowest BCUT2D eigenvalue weighted by Gasteiger charge is -2.03. The highest BCUT2D eigenvalue weighted by molar-refractivity contribution is 5.81. The van der Waals surface area contributed by atoms with Gasteiger partial charge in [0.2, 0.25) is 0 Å². The Bertz CT molecular complexity index is 748. The molecule has 3 rings (SSSR count). The van der Waals surface area contributed by atoms with Crippen molar-refractivity contribution in [1.29, 1.82) is 0 Å². The SMILES string of the molecule is Cn1c(-c2ccncc2F)nc2cc(CN)ccc21. The van der Waals surface area contributed by atoms with Crippen molar-refractivity contribution in [1.82, 2.24) is 14.5 Å². The monoisotopic (exact) mass is 256 g/mol. The minimum Gasteiger partial charge on any atom is -0.327 e. The molecular weight excluding hydrogens is 243 g/mol. The predicted molar refractivity (Wildman–Crippen MR) is 71.8 cm³/mol. The number of aromatic nitrogens is 3. The smallest absolute Gasteiger partial charge is 0.152 e. The molecule has 3 aromatic rings. The molecule has 4 nitrogen and oxygen atoms in total. The molecule has 19 heavy (non-hydrogen) atoms. The van der Waals surface area contributed by atoms with Gasteiger partial charge >= 0.3 is 0 Å². The summed E-state index contributed by atoms with van der Waals surface area (Å²) < 4.78 is 15.7. The molecule has 0 aliphatic carbocycles. The molecule has 0 unspecified atom stereocenters. The summed E-state index contributed by atoms with van der Waals surface area (Å²) in [6.45, 7) is 0.464. The van der Waals surface area contributed by atoms with Crippen LogP contribution in [0, 0.1) is 5.82 Å². The van der Waals surface area contributed by atoms with E-state index in [-0.39, 0.29) is 5.82 Å². The molecule has 0 saturated heterocycles. The van der Waals surface area contributed by atoms with Gasteiger partial charge in [0, 0.05) is 19.8 Å². The van der Waals surface area contributed by atoms with Crippen LogP contribution in [0.4, 0.5) is 4.39 Å². The van der Waals surface area contributed by atoms with Crippen LogP contribution in [-0.2, 0) is 13.6 Å². The molecule has 0 fully saturated rings. The molecule has 0 atom stereocenters. The third kappa shape index (κ3) is 1.88. The van der Waals surface area contributed by atoms with E-state index in [1.54, 1.807) is 12.3 Å². The van der Waals surface area contributed by atoms with Gasteiger partial charge in [0.1, 0.15) is 5.82 Å². The normalized spacial score (nSPS) is 11.1. The maximum absolute atomic E-state index is 13.8. The lowest BCUT2D eigenvalue weighted by molar-refractivity contribution is 0.622. The van der Waals surface area contributed by atoms with Crippen LogP contribution in [-0.4, -0.2) is 14.5 Å². The molecule has 0 spiro atoms. The van der Waals surface area contributed by atoms with E-state index in [2.05, 4.69) is 9.97 Å². The molecule has 2 N–H and O–H groups in total. The molecule has 0 radical (unpaired) electrons. The number of hydrogen-bond donors (Lipinski definition) is 1. The van der Waals surface area contributed by atoms with E-state index in [1.165, 1.54) is 6.20 Å². The highest BCUT2D eigenvalue weighted by Crippen LogP contribution is 2.25. The summed E-state index contributed by atoms with van der Waals surface area (Å²) in [6, 6.07) is 7.46. The molecular formula is C14H13FN4. The van der Waals surface area contributed by atoms with Gasteiger partial charge in [-0.1, -0.05) is 6.07 Å². The Morgan fingerprint density at radius 1 is 1.32 bits per heavy atom. The second-order valence-corrected chi connectivity index (χ2v) is 4.38. The van der Waals surface area contributed by atoms with Crippen molar-refractivity contribution < 1.29 is 4.39 Å². The molecule has 0 amide bonds. The Morgan fingerprint density at radius 2 is 2.16 bits per heavy atom. The molecule has 2 heterocycles. The number of pyridine rings is 1. The second-order valence-electron chi connectivity index (χ2n) is 4.38. The Morgan fingerprint density at radius 3 is 2.89 bits per heavy atom. The molecule has 2 aromatic heterocycles. The summed E-state index contributed by atoms with van der Waals surface area (Å²) in [5.41, 5.74) is 8.84. The molecule has 5 heteroatoms. The van der Waals surface area contributed by atoms with E-state index in [0.717, 1.165) is 16.6 Å². The number of imidazole rings is 1. The largest absolute Gasteiger partial charge is 0.327 e. The van der Waals surface area contributed by atoms with E-state index in [4.69, 9.17) is 5.73 Å². The zero-order chi connectivity index (χ0) is 13.4. The zero-order valence-electron chi connectivity index (χ0n) is 10.5. The van der Waals surface area contributed by atoms with Crippen molar-refractivity contribution in [2.45, 2.75) is 6.54 Å². The summed E-state index contributed by atoms with van der Waals surface area (Å²) in [4.78, 5) is 8.24. The van der Waals surface area contributed by atoms with Crippen LogP contribution < -0.4 is 5.73 Å². The van der Waals surface area contributed by atoms with Gasteiger partial charge in [0.15, 0.2) is 5.82 Å². The maximum atomic E-state index is 13.8. The molecule has 96 valence electrons. The van der Waals surface area contributed by atoms with Crippen molar-refractivity contribution in [3.05, 3.63) is 48.0 Å². The van der Waals surface area contributed by atoms with Crippen molar-refractivity contribution in [2.24, 2.45) is 12.8 Å². The number of benzene rings is 1. The van der Waals surface area contributed by atoms with E-state index >= 15 is 0 Å². The number of fused-ring (bicyclic) bond motifs is 1. The third-order valence-corrected chi connectivity index (χ3v) is 3.19. The summed E-state index contributed by atoms with van der Waals surface area (Å²) >= 11 is 0. The van der Waals surface area contributed by atoms with Crippen molar-refractivity contribution >= 4 is 11.0 Å². The average Bonchev–Trinajstić information content (AvgIpc) is 2.76. The lowest BCUT2D eigenvalue weighted by atomic mass is 10.2. The topological polar surface area (TPSA) is 56.7 Å². The van der Waals surface area contributed by atoms with Gasteiger partial charge in [-0.2, -0.15) is 0 Å². The number of rotatable bonds is 2. The quantitative estimate of drug-likeness (QED) is 0.765. The van der Waals surface area contributed by atoms with Crippen LogP contribution in [0.3, 0.4) is 0 Å². The lowest BCUT2D eigenvalue weighted by Crippen LogP contribution is -1.96. The van der Waals surface area contributed by atoms with E-state index in [1.807, 2.05) is 29.8 Å². The van der Waals surface area contributed by atoms with Crippen molar-refractivity contribution in [2.75, 3.05) is 0 Å². The fraction of sp³-hybridized carbons (Fsp3) is 0.143. The molecule has 0 aliphatic heterocycles. The van der Waals surface area contributed by atoms with Crippen LogP contribution in [0.15, 0.2) is 36.7 Å². The molecule has 0 bridgehead atoms. The highest BCUT2D eigenvalue weighted by Gasteiger charge is 2.13. The van der Waals surface area contributed by atoms with Crippen LogP contribution >= 0.6 is 0 Å². The van der Waals surface area contributed by atoms with Gasteiger partial charge in [0.05, 0.1) is 22.8 Å². The summed E-state index contributed by atoms with van der Waals surface area (Å²) in [7, 11) is 1.87. The Balaban J connectivity index is 2.25. The Labute approximate surface area is 109 Å². The first-order valence-electron chi connectivity index (χ1n) is 5.96. The third-order valence-electron chi connectivity index (χ3n) is 3.19. The molecule has 0 saturated carbocycles. The van der Waals surface area contributed by atoms with Crippen LogP contribution in [0.1, 0.15) is 5.56 Å². The fourth-order valence-corrected chi connectivity index (χ4v) is 2.17. The van der Waals surface area contributed by atoms with E-state index in [0.29, 0.717) is 17.9 Å². The van der Waals surface area contributed by atoms with Gasteiger partial charge in [-0.05, 0) is 23.8 Å². The highest BCUT2D eigenvalue weighted by atomic mass is 19.1. The minimum atomic E-state index is -0.375. The Kier molecular flexibility index (Phi) is 2.76. The predicted octanol–water partition coefficient (Wildman–Crippen LogP) is 2.23. The first kappa shape index (κ1) is 11.8. The summed E-state index contributed by atoms with van der Waals surface area (Å²) in [6.07, 6.45) is 2.75. The fourth-order valence-electron chi connectivity index (χ4n) is 2.17. The van der Waals surface area contributed by atoms with Crippen LogP contribution in [0.25, 0.3) is 22.4 Å². The molecule has 1 aromatic carbocycles. The second kappa shape index (κ2) is 4.44. The number of nitrogens with zero attached hydrogens (tertiary/aromatic N) is 3. The van der Waals surface area contributed by atoms with Gasteiger partial charge < -0.3 is 10.3 Å². The minimum absolute atomic E-state index is 0.375. The van der Waals surface area contributed by atoms with Crippen molar-refractivity contribution in [3.63, 3.8) is 0 Å².